The molecule has 1 N–H and O–H groups in total. The van der Waals surface area contributed by atoms with Crippen LogP contribution in [-0.2, 0) is 14.4 Å². The van der Waals surface area contributed by atoms with Crippen LogP contribution in [0.15, 0.2) is 34.6 Å². The van der Waals surface area contributed by atoms with Crippen molar-refractivity contribution in [3.63, 3.8) is 0 Å². The largest absolute Gasteiger partial charge is 0.480 e. The molecule has 0 aromatic heterocycles. The zero-order chi connectivity index (χ0) is 19.7. The number of carbonyl (C=O) groups excluding carboxylic acids is 2. The number of carboxylic acid groups (broad SMARTS) is 1. The van der Waals surface area contributed by atoms with Crippen LogP contribution in [0, 0.1) is 33.8 Å². The predicted octanol–water partition coefficient (Wildman–Crippen LogP) is 0.855. The quantitative estimate of drug-likeness (QED) is 0.459. The van der Waals surface area contributed by atoms with Gasteiger partial charge in [0, 0.05) is 12.1 Å². The van der Waals surface area contributed by atoms with E-state index in [0.717, 1.165) is 4.90 Å². The number of nitro benzene ring substituents is 1. The number of nitrogens with zero attached hydrogens (tertiary/aromatic N) is 5. The Labute approximate surface area is 157 Å². The van der Waals surface area contributed by atoms with Gasteiger partial charge in [-0.1, -0.05) is 5.22 Å². The molecule has 4 aliphatic rings. The molecule has 3 fully saturated rings. The highest BCUT2D eigenvalue weighted by atomic mass is 16.6. The van der Waals surface area contributed by atoms with Gasteiger partial charge in [0.25, 0.3) is 5.69 Å². The first-order valence-corrected chi connectivity index (χ1v) is 8.90. The zero-order valence-corrected chi connectivity index (χ0v) is 14.4. The summed E-state index contributed by atoms with van der Waals surface area (Å²) in [5, 5.41) is 30.1. The molecular formula is C17H15N5O6. The summed E-state index contributed by atoms with van der Waals surface area (Å²) >= 11 is 0. The number of aliphatic carboxylic acids is 1. The first kappa shape index (κ1) is 16.8. The molecule has 2 aliphatic carbocycles. The van der Waals surface area contributed by atoms with Crippen molar-refractivity contribution >= 4 is 29.2 Å². The first-order chi connectivity index (χ1) is 13.4. The van der Waals surface area contributed by atoms with Crippen LogP contribution in [0.4, 0.5) is 11.4 Å². The second kappa shape index (κ2) is 5.57. The summed E-state index contributed by atoms with van der Waals surface area (Å²) in [6, 6.07) is 5.47. The molecule has 0 radical (unpaired) electrons. The highest BCUT2D eigenvalue weighted by molar-refractivity contribution is 6.08. The maximum atomic E-state index is 12.8. The van der Waals surface area contributed by atoms with Crippen LogP contribution < -0.4 is 5.01 Å². The highest BCUT2D eigenvalue weighted by Gasteiger charge is 2.70. The van der Waals surface area contributed by atoms with Crippen LogP contribution in [0.1, 0.15) is 6.42 Å². The Morgan fingerprint density at radius 1 is 1.18 bits per heavy atom. The summed E-state index contributed by atoms with van der Waals surface area (Å²) in [5.74, 6) is -3.48. The Morgan fingerprint density at radius 3 is 2.43 bits per heavy atom. The molecule has 0 spiro atoms. The lowest BCUT2D eigenvalue weighted by Gasteiger charge is -2.33. The molecule has 1 saturated heterocycles. The first-order valence-electron chi connectivity index (χ1n) is 8.90. The van der Waals surface area contributed by atoms with Gasteiger partial charge in [0.1, 0.15) is 6.54 Å². The van der Waals surface area contributed by atoms with Crippen molar-refractivity contribution in [2.75, 3.05) is 11.6 Å². The van der Waals surface area contributed by atoms with Crippen molar-refractivity contribution in [1.82, 2.24) is 4.90 Å². The number of rotatable bonds is 4. The van der Waals surface area contributed by atoms with Crippen molar-refractivity contribution in [3.8, 4) is 0 Å². The average molecular weight is 385 g/mol. The molecule has 144 valence electrons. The standard InChI is InChI=1S/C17H15N5O6/c23-11(24)6-20-16(25)12-9-5-10(13(12)17(20)26)15-14(9)18-19-21(15)7-1-3-8(4-2-7)22(27)28/h1-4,9-10,12-15H,5-6H2,(H,23,24)/t9-,10+,12-,13+,14+,15+/m1/s1. The van der Waals surface area contributed by atoms with Gasteiger partial charge in [0.15, 0.2) is 0 Å². The van der Waals surface area contributed by atoms with Crippen LogP contribution in [0.25, 0.3) is 0 Å². The average Bonchev–Trinajstić information content (AvgIpc) is 3.38. The van der Waals surface area contributed by atoms with E-state index in [2.05, 4.69) is 10.3 Å². The third-order valence-electron chi connectivity index (χ3n) is 6.37. The van der Waals surface area contributed by atoms with Crippen LogP contribution >= 0.6 is 0 Å². The predicted molar refractivity (Wildman–Crippen MR) is 90.9 cm³/mol. The fourth-order valence-electron chi connectivity index (χ4n) is 5.39. The van der Waals surface area contributed by atoms with E-state index in [0.29, 0.717) is 12.1 Å². The molecule has 5 rings (SSSR count). The summed E-state index contributed by atoms with van der Waals surface area (Å²) in [6.45, 7) is -0.618. The van der Waals surface area contributed by atoms with Gasteiger partial charge in [-0.15, -0.1) is 0 Å². The molecule has 28 heavy (non-hydrogen) atoms. The molecular weight excluding hydrogens is 370 g/mol. The molecule has 1 aromatic rings. The fourth-order valence-corrected chi connectivity index (χ4v) is 5.39. The van der Waals surface area contributed by atoms with Crippen molar-refractivity contribution in [2.45, 2.75) is 18.5 Å². The summed E-state index contributed by atoms with van der Waals surface area (Å²) in [6.07, 6.45) is 0.658. The minimum atomic E-state index is -1.22. The van der Waals surface area contributed by atoms with E-state index in [9.17, 15) is 24.5 Å². The van der Waals surface area contributed by atoms with Gasteiger partial charge < -0.3 is 5.11 Å². The molecule has 2 amide bonds. The van der Waals surface area contributed by atoms with E-state index in [1.165, 1.54) is 12.1 Å². The number of anilines is 1. The fraction of sp³-hybridized carbons (Fsp3) is 0.471. The SMILES string of the molecule is O=C(O)CN1C(=O)[C@@H]2[C@H]3C[C@@H]([C@@H]2C1=O)[C@H]1[C@H]3N=NN1c1ccc([N+](=O)[O-])cc1. The summed E-state index contributed by atoms with van der Waals surface area (Å²) in [4.78, 5) is 47.7. The monoisotopic (exact) mass is 385 g/mol. The molecule has 1 aromatic carbocycles. The van der Waals surface area contributed by atoms with Gasteiger partial charge in [0.05, 0.1) is 34.5 Å². The van der Waals surface area contributed by atoms with Crippen molar-refractivity contribution < 1.29 is 24.4 Å². The lowest BCUT2D eigenvalue weighted by Crippen LogP contribution is -2.47. The lowest BCUT2D eigenvalue weighted by molar-refractivity contribution is -0.384. The second-order valence-corrected chi connectivity index (χ2v) is 7.58. The van der Waals surface area contributed by atoms with E-state index in [1.807, 2.05) is 0 Å². The van der Waals surface area contributed by atoms with Gasteiger partial charge in [-0.2, -0.15) is 5.11 Å². The number of hydrogen-bond donors (Lipinski definition) is 1. The number of carbonyl (C=O) groups is 3. The number of amides is 2. The topological polar surface area (TPSA) is 146 Å². The maximum absolute atomic E-state index is 12.8. The minimum Gasteiger partial charge on any atom is -0.480 e. The molecule has 6 atom stereocenters. The molecule has 2 heterocycles. The van der Waals surface area contributed by atoms with Crippen molar-refractivity contribution in [2.24, 2.45) is 34.0 Å². The van der Waals surface area contributed by atoms with Crippen LogP contribution in [0.2, 0.25) is 0 Å². The van der Waals surface area contributed by atoms with E-state index >= 15 is 0 Å². The van der Waals surface area contributed by atoms with Crippen molar-refractivity contribution in [1.29, 1.82) is 0 Å². The van der Waals surface area contributed by atoms with Gasteiger partial charge in [-0.05, 0) is 30.4 Å². The van der Waals surface area contributed by atoms with E-state index < -0.39 is 41.1 Å². The summed E-state index contributed by atoms with van der Waals surface area (Å²) in [7, 11) is 0. The van der Waals surface area contributed by atoms with Gasteiger partial charge in [-0.25, -0.2) is 5.01 Å². The van der Waals surface area contributed by atoms with Crippen LogP contribution in [0.3, 0.4) is 0 Å². The third kappa shape index (κ3) is 2.06. The van der Waals surface area contributed by atoms with E-state index in [1.54, 1.807) is 17.1 Å². The normalized spacial score (nSPS) is 34.9. The lowest BCUT2D eigenvalue weighted by atomic mass is 9.76. The Morgan fingerprint density at radius 2 is 1.82 bits per heavy atom. The summed E-state index contributed by atoms with van der Waals surface area (Å²) in [5.41, 5.74) is 0.593. The smallest absolute Gasteiger partial charge is 0.323 e. The third-order valence-corrected chi connectivity index (χ3v) is 6.37. The Hall–Kier alpha value is -3.37. The molecule has 11 heteroatoms. The number of imide groups is 1. The van der Waals surface area contributed by atoms with Crippen molar-refractivity contribution in [3.05, 3.63) is 34.4 Å². The summed E-state index contributed by atoms with van der Waals surface area (Å²) < 4.78 is 0. The van der Waals surface area contributed by atoms with Gasteiger partial charge in [0.2, 0.25) is 11.8 Å². The van der Waals surface area contributed by atoms with Crippen LogP contribution in [-0.4, -0.2) is 51.3 Å². The highest BCUT2D eigenvalue weighted by Crippen LogP contribution is 2.60. The molecule has 11 nitrogen and oxygen atoms in total. The number of benzene rings is 1. The number of nitro groups is 1. The number of likely N-dealkylation sites (tertiary alicyclic amines) is 1. The van der Waals surface area contributed by atoms with E-state index in [4.69, 9.17) is 5.11 Å². The Balaban J connectivity index is 1.44. The molecule has 2 saturated carbocycles. The maximum Gasteiger partial charge on any atom is 0.323 e. The number of non-ortho nitro benzene ring substituents is 1. The molecule has 2 bridgehead atoms. The second-order valence-electron chi connectivity index (χ2n) is 7.58. The number of carboxylic acids is 1. The van der Waals surface area contributed by atoms with Gasteiger partial charge >= 0.3 is 5.97 Å². The van der Waals surface area contributed by atoms with Crippen LogP contribution in [0.5, 0.6) is 0 Å². The van der Waals surface area contributed by atoms with Gasteiger partial charge in [-0.3, -0.25) is 29.4 Å². The zero-order valence-electron chi connectivity index (χ0n) is 14.4. The Kier molecular flexibility index (Phi) is 3.33. The number of hydrogen-bond acceptors (Lipinski definition) is 8. The molecule has 2 aliphatic heterocycles. The Bertz CT molecular complexity index is 946. The molecule has 0 unspecified atom stereocenters. The van der Waals surface area contributed by atoms with E-state index in [-0.39, 0.29) is 29.6 Å². The number of fused-ring (bicyclic) bond motifs is 8. The minimum absolute atomic E-state index is 0.0367.